The van der Waals surface area contributed by atoms with Gasteiger partial charge in [0.1, 0.15) is 5.75 Å². The highest BCUT2D eigenvalue weighted by Gasteiger charge is 2.29. The van der Waals surface area contributed by atoms with Crippen LogP contribution in [0.3, 0.4) is 0 Å². The molecule has 0 saturated heterocycles. The third kappa shape index (κ3) is 6.08. The lowest BCUT2D eigenvalue weighted by Gasteiger charge is -2.34. The van der Waals surface area contributed by atoms with Gasteiger partial charge in [-0.25, -0.2) is 0 Å². The van der Waals surface area contributed by atoms with E-state index in [2.05, 4.69) is 46.9 Å². The standard InChI is InChI=1S/C19H31NO2/c1-13-9-10-16(11-14(13)2)22-15(3)17(21)20-19(7,8)12-18(4,5)6/h9-11,15H,12H2,1-8H3,(H,20,21)/t15-/m0/s1. The summed E-state index contributed by atoms with van der Waals surface area (Å²) in [7, 11) is 0. The fourth-order valence-corrected chi connectivity index (χ4v) is 2.85. The largest absolute Gasteiger partial charge is 0.481 e. The number of nitrogens with one attached hydrogen (secondary N) is 1. The van der Waals surface area contributed by atoms with Crippen molar-refractivity contribution in [2.75, 3.05) is 0 Å². The number of carbonyl (C=O) groups excluding carboxylic acids is 1. The number of hydrogen-bond acceptors (Lipinski definition) is 2. The lowest BCUT2D eigenvalue weighted by molar-refractivity contribution is -0.129. The van der Waals surface area contributed by atoms with Crippen molar-refractivity contribution in [1.82, 2.24) is 5.32 Å². The van der Waals surface area contributed by atoms with Gasteiger partial charge in [-0.3, -0.25) is 4.79 Å². The van der Waals surface area contributed by atoms with Crippen LogP contribution in [0.5, 0.6) is 5.75 Å². The molecule has 0 aliphatic rings. The highest BCUT2D eigenvalue weighted by Crippen LogP contribution is 2.27. The Bertz CT molecular complexity index is 527. The summed E-state index contributed by atoms with van der Waals surface area (Å²) in [4.78, 5) is 12.4. The van der Waals surface area contributed by atoms with Crippen molar-refractivity contribution in [3.05, 3.63) is 29.3 Å². The fraction of sp³-hybridized carbons (Fsp3) is 0.632. The van der Waals surface area contributed by atoms with Crippen LogP contribution in [0.25, 0.3) is 0 Å². The maximum absolute atomic E-state index is 12.4. The summed E-state index contributed by atoms with van der Waals surface area (Å²) in [5.41, 5.74) is 2.29. The first-order chi connectivity index (χ1) is 9.89. The Morgan fingerprint density at radius 2 is 1.73 bits per heavy atom. The Kier molecular flexibility index (Phi) is 5.66. The zero-order valence-electron chi connectivity index (χ0n) is 15.3. The molecule has 124 valence electrons. The quantitative estimate of drug-likeness (QED) is 0.875. The van der Waals surface area contributed by atoms with E-state index in [1.54, 1.807) is 6.92 Å². The lowest BCUT2D eigenvalue weighted by atomic mass is 9.81. The normalized spacial score (nSPS) is 13.6. The molecule has 0 aromatic heterocycles. The Balaban J connectivity index is 2.67. The van der Waals surface area contributed by atoms with Crippen molar-refractivity contribution >= 4 is 5.91 Å². The van der Waals surface area contributed by atoms with Gasteiger partial charge in [-0.15, -0.1) is 0 Å². The summed E-state index contributed by atoms with van der Waals surface area (Å²) in [5.74, 6) is 0.659. The maximum atomic E-state index is 12.4. The van der Waals surface area contributed by atoms with Crippen molar-refractivity contribution in [3.8, 4) is 5.75 Å². The number of aryl methyl sites for hydroxylation is 2. The second-order valence-electron chi connectivity index (χ2n) is 8.12. The van der Waals surface area contributed by atoms with Crippen molar-refractivity contribution in [2.45, 2.75) is 73.5 Å². The van der Waals surface area contributed by atoms with Crippen LogP contribution in [0.4, 0.5) is 0 Å². The molecule has 0 aliphatic heterocycles. The molecule has 1 aromatic rings. The van der Waals surface area contributed by atoms with Gasteiger partial charge < -0.3 is 10.1 Å². The minimum Gasteiger partial charge on any atom is -0.481 e. The molecule has 0 saturated carbocycles. The van der Waals surface area contributed by atoms with Crippen molar-refractivity contribution in [2.24, 2.45) is 5.41 Å². The van der Waals surface area contributed by atoms with E-state index in [0.29, 0.717) is 0 Å². The molecule has 0 heterocycles. The molecule has 0 bridgehead atoms. The van der Waals surface area contributed by atoms with Gasteiger partial charge in [0, 0.05) is 5.54 Å². The van der Waals surface area contributed by atoms with Crippen molar-refractivity contribution in [1.29, 1.82) is 0 Å². The SMILES string of the molecule is Cc1ccc(O[C@@H](C)C(=O)NC(C)(C)CC(C)(C)C)cc1C. The molecule has 1 amide bonds. The van der Waals surface area contributed by atoms with Crippen molar-refractivity contribution < 1.29 is 9.53 Å². The third-order valence-corrected chi connectivity index (χ3v) is 3.59. The van der Waals surface area contributed by atoms with Gasteiger partial charge in [-0.05, 0) is 69.7 Å². The first kappa shape index (κ1) is 18.5. The second kappa shape index (κ2) is 6.72. The molecule has 3 heteroatoms. The summed E-state index contributed by atoms with van der Waals surface area (Å²) >= 11 is 0. The van der Waals surface area contributed by atoms with E-state index in [-0.39, 0.29) is 16.9 Å². The fourth-order valence-electron chi connectivity index (χ4n) is 2.85. The zero-order valence-corrected chi connectivity index (χ0v) is 15.3. The predicted molar refractivity (Wildman–Crippen MR) is 92.3 cm³/mol. The van der Waals surface area contributed by atoms with Gasteiger partial charge in [0.25, 0.3) is 5.91 Å². The molecule has 3 nitrogen and oxygen atoms in total. The number of benzene rings is 1. The highest BCUT2D eigenvalue weighted by atomic mass is 16.5. The average molecular weight is 305 g/mol. The number of rotatable bonds is 5. The molecule has 0 unspecified atom stereocenters. The Labute approximate surface area is 135 Å². The van der Waals surface area contributed by atoms with E-state index in [1.807, 2.05) is 25.1 Å². The molecule has 0 aliphatic carbocycles. The molecule has 1 rings (SSSR count). The van der Waals surface area contributed by atoms with Gasteiger partial charge in [0.15, 0.2) is 6.10 Å². The molecule has 1 N–H and O–H groups in total. The molecule has 1 aromatic carbocycles. The zero-order chi connectivity index (χ0) is 17.1. The van der Waals surface area contributed by atoms with Gasteiger partial charge in [0.05, 0.1) is 0 Å². The molecule has 0 spiro atoms. The number of hydrogen-bond donors (Lipinski definition) is 1. The smallest absolute Gasteiger partial charge is 0.261 e. The maximum Gasteiger partial charge on any atom is 0.261 e. The van der Waals surface area contributed by atoms with Gasteiger partial charge in [0.2, 0.25) is 0 Å². The predicted octanol–water partition coefficient (Wildman–Crippen LogP) is 4.40. The van der Waals surface area contributed by atoms with Crippen LogP contribution in [0.2, 0.25) is 0 Å². The second-order valence-corrected chi connectivity index (χ2v) is 8.12. The molecule has 1 atom stereocenters. The Morgan fingerprint density at radius 3 is 2.23 bits per heavy atom. The van der Waals surface area contributed by atoms with Gasteiger partial charge in [-0.2, -0.15) is 0 Å². The topological polar surface area (TPSA) is 38.3 Å². The van der Waals surface area contributed by atoms with Crippen LogP contribution < -0.4 is 10.1 Å². The number of amides is 1. The van der Waals surface area contributed by atoms with Crippen LogP contribution in [0.1, 0.15) is 59.1 Å². The molecule has 0 fully saturated rings. The average Bonchev–Trinajstić information content (AvgIpc) is 2.30. The summed E-state index contributed by atoms with van der Waals surface area (Å²) < 4.78 is 5.78. The number of ether oxygens (including phenoxy) is 1. The molecule has 0 radical (unpaired) electrons. The van der Waals surface area contributed by atoms with E-state index in [4.69, 9.17) is 4.74 Å². The van der Waals surface area contributed by atoms with Crippen LogP contribution in [0.15, 0.2) is 18.2 Å². The van der Waals surface area contributed by atoms with Crippen molar-refractivity contribution in [3.63, 3.8) is 0 Å². The minimum absolute atomic E-state index is 0.0764. The van der Waals surface area contributed by atoms with Crippen LogP contribution >= 0.6 is 0 Å². The van der Waals surface area contributed by atoms with E-state index < -0.39 is 6.10 Å². The summed E-state index contributed by atoms with van der Waals surface area (Å²) in [6.07, 6.45) is 0.392. The monoisotopic (exact) mass is 305 g/mol. The third-order valence-electron chi connectivity index (χ3n) is 3.59. The van der Waals surface area contributed by atoms with E-state index in [1.165, 1.54) is 5.56 Å². The Hall–Kier alpha value is -1.51. The lowest BCUT2D eigenvalue weighted by Crippen LogP contribution is -2.50. The van der Waals surface area contributed by atoms with Crippen LogP contribution in [-0.4, -0.2) is 17.6 Å². The summed E-state index contributed by atoms with van der Waals surface area (Å²) in [6, 6.07) is 5.89. The van der Waals surface area contributed by atoms with E-state index >= 15 is 0 Å². The highest BCUT2D eigenvalue weighted by molar-refractivity contribution is 5.81. The summed E-state index contributed by atoms with van der Waals surface area (Å²) in [6.45, 7) is 16.5. The number of carbonyl (C=O) groups is 1. The van der Waals surface area contributed by atoms with E-state index in [9.17, 15) is 4.79 Å². The minimum atomic E-state index is -0.513. The molecular weight excluding hydrogens is 274 g/mol. The molecular formula is C19H31NO2. The van der Waals surface area contributed by atoms with Crippen LogP contribution in [0, 0.1) is 19.3 Å². The molecule has 22 heavy (non-hydrogen) atoms. The first-order valence-electron chi connectivity index (χ1n) is 7.96. The first-order valence-corrected chi connectivity index (χ1v) is 7.96. The Morgan fingerprint density at radius 1 is 1.14 bits per heavy atom. The van der Waals surface area contributed by atoms with Gasteiger partial charge >= 0.3 is 0 Å². The van der Waals surface area contributed by atoms with Gasteiger partial charge in [-0.1, -0.05) is 26.8 Å². The van der Waals surface area contributed by atoms with E-state index in [0.717, 1.165) is 17.7 Å². The summed E-state index contributed by atoms with van der Waals surface area (Å²) in [5, 5.41) is 3.09. The van der Waals surface area contributed by atoms with Crippen LogP contribution in [-0.2, 0) is 4.79 Å².